The van der Waals surface area contributed by atoms with Crippen LogP contribution in [-0.4, -0.2) is 16.3 Å². The molecule has 1 aromatic heterocycles. The van der Waals surface area contributed by atoms with Gasteiger partial charge in [0, 0.05) is 16.4 Å². The van der Waals surface area contributed by atoms with E-state index in [9.17, 15) is 4.79 Å². The fourth-order valence-electron chi connectivity index (χ4n) is 0.996. The van der Waals surface area contributed by atoms with Gasteiger partial charge in [-0.2, -0.15) is 0 Å². The third kappa shape index (κ3) is 2.61. The van der Waals surface area contributed by atoms with Crippen molar-refractivity contribution in [2.75, 3.05) is 0 Å². The minimum atomic E-state index is -0.458. The van der Waals surface area contributed by atoms with Crippen molar-refractivity contribution in [3.05, 3.63) is 22.4 Å². The monoisotopic (exact) mass is 259 g/mol. The maximum absolute atomic E-state index is 11.6. The van der Waals surface area contributed by atoms with Crippen LogP contribution in [0.3, 0.4) is 0 Å². The lowest BCUT2D eigenvalue weighted by Crippen LogP contribution is -2.27. The molecule has 1 heterocycles. The summed E-state index contributed by atoms with van der Waals surface area (Å²) in [6.07, 6.45) is 1.34. The normalized spacial score (nSPS) is 11.5. The van der Waals surface area contributed by atoms with Crippen LogP contribution in [0.15, 0.2) is 16.7 Å². The predicted molar refractivity (Wildman–Crippen MR) is 58.5 cm³/mol. The van der Waals surface area contributed by atoms with Crippen LogP contribution in [0.25, 0.3) is 0 Å². The van der Waals surface area contributed by atoms with E-state index in [2.05, 4.69) is 15.9 Å². The Bertz CT molecular complexity index is 349. The Labute approximate surface area is 92.2 Å². The average molecular weight is 260 g/mol. The highest BCUT2D eigenvalue weighted by molar-refractivity contribution is 9.10. The minimum Gasteiger partial charge on any atom is -0.443 e. The molecule has 0 aliphatic carbocycles. The van der Waals surface area contributed by atoms with E-state index in [1.807, 2.05) is 33.8 Å². The highest BCUT2D eigenvalue weighted by atomic mass is 79.9. The van der Waals surface area contributed by atoms with E-state index in [0.29, 0.717) is 0 Å². The van der Waals surface area contributed by atoms with Gasteiger partial charge in [0.15, 0.2) is 0 Å². The van der Waals surface area contributed by atoms with Crippen LogP contribution in [-0.2, 0) is 4.74 Å². The molecular formula is C10H14BrNO2. The second-order valence-electron chi connectivity index (χ2n) is 4.10. The number of halogens is 1. The quantitative estimate of drug-likeness (QED) is 0.716. The van der Waals surface area contributed by atoms with Gasteiger partial charge in [-0.1, -0.05) is 0 Å². The number of hydrogen-bond donors (Lipinski definition) is 0. The zero-order valence-electron chi connectivity index (χ0n) is 8.80. The summed E-state index contributed by atoms with van der Waals surface area (Å²) in [7, 11) is 0. The van der Waals surface area contributed by atoms with Crippen LogP contribution < -0.4 is 0 Å². The molecule has 1 aromatic rings. The molecule has 0 fully saturated rings. The van der Waals surface area contributed by atoms with Crippen LogP contribution in [0.1, 0.15) is 26.5 Å². The summed E-state index contributed by atoms with van der Waals surface area (Å²) >= 11 is 3.34. The van der Waals surface area contributed by atoms with Gasteiger partial charge < -0.3 is 4.74 Å². The summed E-state index contributed by atoms with van der Waals surface area (Å²) in [5, 5.41) is 0. The number of aromatic nitrogens is 1. The van der Waals surface area contributed by atoms with Crippen molar-refractivity contribution in [1.29, 1.82) is 0 Å². The van der Waals surface area contributed by atoms with Crippen molar-refractivity contribution in [2.24, 2.45) is 0 Å². The van der Waals surface area contributed by atoms with Crippen molar-refractivity contribution >= 4 is 22.0 Å². The van der Waals surface area contributed by atoms with E-state index in [1.165, 1.54) is 4.57 Å². The Kier molecular flexibility index (Phi) is 3.04. The molecule has 0 amide bonds. The molecule has 14 heavy (non-hydrogen) atoms. The number of carbonyl (C=O) groups excluding carboxylic acids is 1. The fourth-order valence-corrected chi connectivity index (χ4v) is 1.31. The highest BCUT2D eigenvalue weighted by Crippen LogP contribution is 2.18. The average Bonchev–Trinajstić information content (AvgIpc) is 2.29. The smallest absolute Gasteiger partial charge is 0.418 e. The summed E-state index contributed by atoms with van der Waals surface area (Å²) in [6, 6.07) is 1.82. The SMILES string of the molecule is Cc1c(Br)ccn1C(=O)OC(C)(C)C. The summed E-state index contributed by atoms with van der Waals surface area (Å²) in [5.41, 5.74) is 0.388. The molecule has 1 rings (SSSR count). The molecule has 78 valence electrons. The summed E-state index contributed by atoms with van der Waals surface area (Å²) < 4.78 is 7.61. The number of rotatable bonds is 0. The fraction of sp³-hybridized carbons (Fsp3) is 0.500. The Morgan fingerprint density at radius 3 is 2.43 bits per heavy atom. The van der Waals surface area contributed by atoms with Gasteiger partial charge in [0.2, 0.25) is 0 Å². The standard InChI is InChI=1S/C10H14BrNO2/c1-7-8(11)5-6-12(7)9(13)14-10(2,3)4/h5-6H,1-4H3. The maximum Gasteiger partial charge on any atom is 0.418 e. The Morgan fingerprint density at radius 1 is 1.50 bits per heavy atom. The van der Waals surface area contributed by atoms with E-state index < -0.39 is 5.60 Å². The minimum absolute atomic E-state index is 0.347. The first-order chi connectivity index (χ1) is 6.31. The third-order valence-electron chi connectivity index (χ3n) is 1.67. The lowest BCUT2D eigenvalue weighted by Gasteiger charge is -2.20. The topological polar surface area (TPSA) is 31.2 Å². The van der Waals surface area contributed by atoms with Crippen LogP contribution in [0.5, 0.6) is 0 Å². The number of ether oxygens (including phenoxy) is 1. The molecule has 0 aliphatic rings. The first kappa shape index (κ1) is 11.3. The molecular weight excluding hydrogens is 246 g/mol. The van der Waals surface area contributed by atoms with Crippen molar-refractivity contribution in [1.82, 2.24) is 4.57 Å². The zero-order chi connectivity index (χ0) is 10.9. The van der Waals surface area contributed by atoms with Crippen LogP contribution in [0.4, 0.5) is 4.79 Å². The Morgan fingerprint density at radius 2 is 2.07 bits per heavy atom. The van der Waals surface area contributed by atoms with Gasteiger partial charge in [-0.3, -0.25) is 4.57 Å². The van der Waals surface area contributed by atoms with Crippen LogP contribution in [0, 0.1) is 6.92 Å². The van der Waals surface area contributed by atoms with Crippen molar-refractivity contribution in [3.63, 3.8) is 0 Å². The molecule has 0 saturated carbocycles. The molecule has 0 radical (unpaired) electrons. The van der Waals surface area contributed by atoms with Crippen LogP contribution in [0.2, 0.25) is 0 Å². The van der Waals surface area contributed by atoms with E-state index >= 15 is 0 Å². The second-order valence-corrected chi connectivity index (χ2v) is 4.95. The summed E-state index contributed by atoms with van der Waals surface area (Å²) in [4.78, 5) is 11.6. The largest absolute Gasteiger partial charge is 0.443 e. The predicted octanol–water partition coefficient (Wildman–Crippen LogP) is 3.34. The summed E-state index contributed by atoms with van der Waals surface area (Å²) in [6.45, 7) is 7.39. The Balaban J connectivity index is 2.86. The maximum atomic E-state index is 11.6. The number of hydrogen-bond acceptors (Lipinski definition) is 2. The molecule has 0 unspecified atom stereocenters. The Hall–Kier alpha value is -0.770. The molecule has 0 aromatic carbocycles. The van der Waals surface area contributed by atoms with Crippen LogP contribution >= 0.6 is 15.9 Å². The molecule has 0 N–H and O–H groups in total. The van der Waals surface area contributed by atoms with E-state index in [1.54, 1.807) is 6.20 Å². The van der Waals surface area contributed by atoms with Gasteiger partial charge in [0.1, 0.15) is 5.60 Å². The molecule has 0 spiro atoms. The molecule has 3 nitrogen and oxygen atoms in total. The second kappa shape index (κ2) is 3.77. The van der Waals surface area contributed by atoms with E-state index in [-0.39, 0.29) is 6.09 Å². The van der Waals surface area contributed by atoms with Gasteiger partial charge in [-0.15, -0.1) is 0 Å². The van der Waals surface area contributed by atoms with Gasteiger partial charge in [-0.25, -0.2) is 4.79 Å². The van der Waals surface area contributed by atoms with Crippen molar-refractivity contribution in [3.8, 4) is 0 Å². The molecule has 0 bridgehead atoms. The zero-order valence-corrected chi connectivity index (χ0v) is 10.4. The number of nitrogens with zero attached hydrogens (tertiary/aromatic N) is 1. The van der Waals surface area contributed by atoms with Gasteiger partial charge in [0.05, 0.1) is 0 Å². The van der Waals surface area contributed by atoms with Crippen molar-refractivity contribution in [2.45, 2.75) is 33.3 Å². The van der Waals surface area contributed by atoms with E-state index in [4.69, 9.17) is 4.74 Å². The number of carbonyl (C=O) groups is 1. The molecule has 0 aliphatic heterocycles. The first-order valence-electron chi connectivity index (χ1n) is 4.38. The van der Waals surface area contributed by atoms with Gasteiger partial charge >= 0.3 is 6.09 Å². The lowest BCUT2D eigenvalue weighted by molar-refractivity contribution is 0.0534. The third-order valence-corrected chi connectivity index (χ3v) is 2.51. The molecule has 4 heteroatoms. The summed E-state index contributed by atoms with van der Waals surface area (Å²) in [5.74, 6) is 0. The molecule has 0 atom stereocenters. The van der Waals surface area contributed by atoms with E-state index in [0.717, 1.165) is 10.2 Å². The first-order valence-corrected chi connectivity index (χ1v) is 5.17. The lowest BCUT2D eigenvalue weighted by atomic mass is 10.2. The van der Waals surface area contributed by atoms with Gasteiger partial charge in [0.25, 0.3) is 0 Å². The molecule has 0 saturated heterocycles. The highest BCUT2D eigenvalue weighted by Gasteiger charge is 2.18. The van der Waals surface area contributed by atoms with Gasteiger partial charge in [-0.05, 0) is 49.7 Å². The van der Waals surface area contributed by atoms with Crippen molar-refractivity contribution < 1.29 is 9.53 Å².